The number of hydrogen-bond donors (Lipinski definition) is 2. The molecule has 0 amide bonds. The van der Waals surface area contributed by atoms with Gasteiger partial charge in [-0.3, -0.25) is 0 Å². The highest BCUT2D eigenvalue weighted by Crippen LogP contribution is 2.19. The maximum Gasteiger partial charge on any atom is 0.337 e. The molecule has 0 atom stereocenters. The zero-order chi connectivity index (χ0) is 9.84. The lowest BCUT2D eigenvalue weighted by Crippen LogP contribution is -2.02. The molecular weight excluding hydrogens is 170 g/mol. The van der Waals surface area contributed by atoms with Crippen LogP contribution in [0, 0.1) is 0 Å². The van der Waals surface area contributed by atoms with Crippen LogP contribution in [0.4, 0.5) is 5.69 Å². The zero-order valence-electron chi connectivity index (χ0n) is 7.28. The molecule has 0 saturated carbocycles. The summed E-state index contributed by atoms with van der Waals surface area (Å²) in [5, 5.41) is 8.67. The smallest absolute Gasteiger partial charge is 0.337 e. The molecule has 4 heteroatoms. The maximum atomic E-state index is 10.6. The lowest BCUT2D eigenvalue weighted by Gasteiger charge is -2.05. The summed E-state index contributed by atoms with van der Waals surface area (Å²) < 4.78 is 5.15. The summed E-state index contributed by atoms with van der Waals surface area (Å²) in [7, 11) is 0. The standard InChI is InChI=1S/C9H11NO3/c1-2-13-6-3-4-7(9(11)12)8(10)5-6/h3-5H,2,10H2,1H3,(H,11,12). The minimum absolute atomic E-state index is 0.100. The number of ether oxygens (including phenoxy) is 1. The molecule has 4 nitrogen and oxygen atoms in total. The van der Waals surface area contributed by atoms with Crippen LogP contribution in [-0.4, -0.2) is 17.7 Å². The number of rotatable bonds is 3. The second-order valence-corrected chi connectivity index (χ2v) is 2.49. The van der Waals surface area contributed by atoms with E-state index in [0.717, 1.165) is 0 Å². The third-order valence-corrected chi connectivity index (χ3v) is 1.56. The van der Waals surface area contributed by atoms with E-state index in [1.54, 1.807) is 6.07 Å². The third-order valence-electron chi connectivity index (χ3n) is 1.56. The van der Waals surface area contributed by atoms with E-state index in [0.29, 0.717) is 12.4 Å². The molecule has 3 N–H and O–H groups in total. The van der Waals surface area contributed by atoms with Crippen LogP contribution in [0.5, 0.6) is 5.75 Å². The first-order chi connectivity index (χ1) is 6.15. The maximum absolute atomic E-state index is 10.6. The van der Waals surface area contributed by atoms with Gasteiger partial charge >= 0.3 is 5.97 Å². The van der Waals surface area contributed by atoms with Gasteiger partial charge in [-0.2, -0.15) is 0 Å². The number of carbonyl (C=O) groups is 1. The van der Waals surface area contributed by atoms with Crippen LogP contribution in [-0.2, 0) is 0 Å². The Labute approximate surface area is 75.9 Å². The number of benzene rings is 1. The van der Waals surface area contributed by atoms with Crippen LogP contribution in [0.15, 0.2) is 18.2 Å². The summed E-state index contributed by atoms with van der Waals surface area (Å²) in [4.78, 5) is 10.6. The second kappa shape index (κ2) is 3.80. The molecule has 1 aromatic rings. The molecule has 0 heterocycles. The number of anilines is 1. The van der Waals surface area contributed by atoms with Crippen molar-refractivity contribution in [2.75, 3.05) is 12.3 Å². The minimum Gasteiger partial charge on any atom is -0.494 e. The first-order valence-corrected chi connectivity index (χ1v) is 3.90. The highest BCUT2D eigenvalue weighted by molar-refractivity contribution is 5.93. The molecule has 0 saturated heterocycles. The Balaban J connectivity index is 2.98. The Hall–Kier alpha value is -1.71. The summed E-state index contributed by atoms with van der Waals surface area (Å²) in [6, 6.07) is 4.53. The van der Waals surface area contributed by atoms with E-state index in [-0.39, 0.29) is 11.3 Å². The van der Waals surface area contributed by atoms with Gasteiger partial charge in [0.15, 0.2) is 0 Å². The highest BCUT2D eigenvalue weighted by Gasteiger charge is 2.07. The third kappa shape index (κ3) is 2.11. The van der Waals surface area contributed by atoms with Gasteiger partial charge in [0.05, 0.1) is 12.2 Å². The fraction of sp³-hybridized carbons (Fsp3) is 0.222. The molecule has 0 unspecified atom stereocenters. The Bertz CT molecular complexity index is 323. The van der Waals surface area contributed by atoms with Gasteiger partial charge in [-0.1, -0.05) is 0 Å². The summed E-state index contributed by atoms with van der Waals surface area (Å²) in [5.41, 5.74) is 5.81. The number of carboxylic acids is 1. The summed E-state index contributed by atoms with van der Waals surface area (Å²) in [6.45, 7) is 2.38. The Morgan fingerprint density at radius 3 is 2.77 bits per heavy atom. The topological polar surface area (TPSA) is 72.5 Å². The second-order valence-electron chi connectivity index (χ2n) is 2.49. The van der Waals surface area contributed by atoms with Gasteiger partial charge in [-0.25, -0.2) is 4.79 Å². The van der Waals surface area contributed by atoms with Gasteiger partial charge in [0.25, 0.3) is 0 Å². The average molecular weight is 181 g/mol. The van der Waals surface area contributed by atoms with E-state index in [4.69, 9.17) is 15.6 Å². The molecule has 0 fully saturated rings. The minimum atomic E-state index is -1.03. The van der Waals surface area contributed by atoms with E-state index in [2.05, 4.69) is 0 Å². The lowest BCUT2D eigenvalue weighted by atomic mass is 10.2. The zero-order valence-corrected chi connectivity index (χ0v) is 7.28. The molecule has 13 heavy (non-hydrogen) atoms. The molecule has 0 aromatic heterocycles. The molecule has 1 rings (SSSR count). The molecule has 0 aliphatic rings. The molecule has 0 radical (unpaired) electrons. The molecule has 0 aliphatic carbocycles. The number of aromatic carboxylic acids is 1. The van der Waals surface area contributed by atoms with Crippen molar-refractivity contribution in [1.82, 2.24) is 0 Å². The Kier molecular flexibility index (Phi) is 2.74. The van der Waals surface area contributed by atoms with Gasteiger partial charge < -0.3 is 15.6 Å². The first kappa shape index (κ1) is 9.38. The quantitative estimate of drug-likeness (QED) is 0.690. The van der Waals surface area contributed by atoms with E-state index >= 15 is 0 Å². The monoisotopic (exact) mass is 181 g/mol. The van der Waals surface area contributed by atoms with Crippen molar-refractivity contribution >= 4 is 11.7 Å². The normalized spacial score (nSPS) is 9.62. The van der Waals surface area contributed by atoms with Crippen LogP contribution < -0.4 is 10.5 Å². The summed E-state index contributed by atoms with van der Waals surface area (Å²) in [5.74, 6) is -0.439. The van der Waals surface area contributed by atoms with Gasteiger partial charge in [0.2, 0.25) is 0 Å². The van der Waals surface area contributed by atoms with Crippen molar-refractivity contribution in [2.45, 2.75) is 6.92 Å². The fourth-order valence-electron chi connectivity index (χ4n) is 0.992. The Morgan fingerprint density at radius 1 is 1.62 bits per heavy atom. The average Bonchev–Trinajstić information content (AvgIpc) is 2.04. The van der Waals surface area contributed by atoms with E-state index < -0.39 is 5.97 Å². The van der Waals surface area contributed by atoms with Gasteiger partial charge in [-0.15, -0.1) is 0 Å². The highest BCUT2D eigenvalue weighted by atomic mass is 16.5. The first-order valence-electron chi connectivity index (χ1n) is 3.90. The molecule has 70 valence electrons. The number of carboxylic acid groups (broad SMARTS) is 1. The Morgan fingerprint density at radius 2 is 2.31 bits per heavy atom. The van der Waals surface area contributed by atoms with Crippen molar-refractivity contribution in [2.24, 2.45) is 0 Å². The summed E-state index contributed by atoms with van der Waals surface area (Å²) in [6.07, 6.45) is 0. The largest absolute Gasteiger partial charge is 0.494 e. The molecule has 1 aromatic carbocycles. The number of nitrogens with two attached hydrogens (primary N) is 1. The van der Waals surface area contributed by atoms with Crippen molar-refractivity contribution in [3.8, 4) is 5.75 Å². The van der Waals surface area contributed by atoms with Crippen LogP contribution >= 0.6 is 0 Å². The van der Waals surface area contributed by atoms with Gasteiger partial charge in [-0.05, 0) is 19.1 Å². The van der Waals surface area contributed by atoms with Crippen LogP contribution in [0.3, 0.4) is 0 Å². The fourth-order valence-corrected chi connectivity index (χ4v) is 0.992. The van der Waals surface area contributed by atoms with E-state index in [1.165, 1.54) is 12.1 Å². The van der Waals surface area contributed by atoms with Crippen LogP contribution in [0.2, 0.25) is 0 Å². The predicted octanol–water partition coefficient (Wildman–Crippen LogP) is 1.37. The lowest BCUT2D eigenvalue weighted by molar-refractivity contribution is 0.0698. The van der Waals surface area contributed by atoms with Crippen LogP contribution in [0.1, 0.15) is 17.3 Å². The molecule has 0 bridgehead atoms. The van der Waals surface area contributed by atoms with Crippen molar-refractivity contribution < 1.29 is 14.6 Å². The SMILES string of the molecule is CCOc1ccc(C(=O)O)c(N)c1. The van der Waals surface area contributed by atoms with Crippen molar-refractivity contribution in [1.29, 1.82) is 0 Å². The van der Waals surface area contributed by atoms with E-state index in [9.17, 15) is 4.79 Å². The molecular formula is C9H11NO3. The van der Waals surface area contributed by atoms with Crippen molar-refractivity contribution in [3.63, 3.8) is 0 Å². The van der Waals surface area contributed by atoms with E-state index in [1.807, 2.05) is 6.92 Å². The summed E-state index contributed by atoms with van der Waals surface area (Å²) >= 11 is 0. The molecule has 0 spiro atoms. The van der Waals surface area contributed by atoms with Crippen LogP contribution in [0.25, 0.3) is 0 Å². The van der Waals surface area contributed by atoms with Gasteiger partial charge in [0.1, 0.15) is 5.75 Å². The van der Waals surface area contributed by atoms with Crippen molar-refractivity contribution in [3.05, 3.63) is 23.8 Å². The number of hydrogen-bond acceptors (Lipinski definition) is 3. The molecule has 0 aliphatic heterocycles. The number of nitrogen functional groups attached to an aromatic ring is 1. The van der Waals surface area contributed by atoms with Gasteiger partial charge in [0, 0.05) is 11.8 Å². The predicted molar refractivity (Wildman–Crippen MR) is 49.0 cm³/mol.